The number of nitrogens with one attached hydrogen (secondary N) is 1. The van der Waals surface area contributed by atoms with Crippen LogP contribution in [0.5, 0.6) is 5.75 Å². The Morgan fingerprint density at radius 2 is 1.90 bits per heavy atom. The second-order valence-electron chi connectivity index (χ2n) is 4.21. The molecule has 2 aromatic rings. The van der Waals surface area contributed by atoms with Crippen LogP contribution in [0.25, 0.3) is 0 Å². The molecule has 0 unspecified atom stereocenters. The zero-order valence-electron chi connectivity index (χ0n) is 11.1. The van der Waals surface area contributed by atoms with Gasteiger partial charge in [0, 0.05) is 15.7 Å². The summed E-state index contributed by atoms with van der Waals surface area (Å²) in [5.41, 5.74) is 1.29. The summed E-state index contributed by atoms with van der Waals surface area (Å²) >= 11 is 6.75. The summed E-state index contributed by atoms with van der Waals surface area (Å²) in [5.74, 6) is 0.503. The van der Waals surface area contributed by atoms with Crippen molar-refractivity contribution in [2.75, 3.05) is 11.9 Å². The molecule has 0 bridgehead atoms. The smallest absolute Gasteiger partial charge is 0.255 e. The van der Waals surface area contributed by atoms with Crippen molar-refractivity contribution in [3.05, 3.63) is 69.6 Å². The molecular weight excluding hydrogens is 398 g/mol. The Kier molecular flexibility index (Phi) is 5.59. The van der Waals surface area contributed by atoms with Gasteiger partial charge in [-0.1, -0.05) is 28.6 Å². The van der Waals surface area contributed by atoms with Gasteiger partial charge < -0.3 is 10.1 Å². The first-order valence-corrected chi connectivity index (χ1v) is 7.79. The number of rotatable bonds is 5. The maximum Gasteiger partial charge on any atom is 0.255 e. The van der Waals surface area contributed by atoms with Crippen LogP contribution in [0.1, 0.15) is 10.4 Å². The number of carbonyl (C=O) groups is 1. The highest BCUT2D eigenvalue weighted by Crippen LogP contribution is 2.26. The summed E-state index contributed by atoms with van der Waals surface area (Å²) in [6, 6.07) is 12.6. The minimum atomic E-state index is -0.173. The SMILES string of the molecule is C=CCOc1ccc(C(=O)Nc2ccc(Br)cc2)cc1Br. The minimum Gasteiger partial charge on any atom is -0.488 e. The topological polar surface area (TPSA) is 38.3 Å². The van der Waals surface area contributed by atoms with Crippen molar-refractivity contribution in [2.24, 2.45) is 0 Å². The number of benzene rings is 2. The molecule has 5 heteroatoms. The summed E-state index contributed by atoms with van der Waals surface area (Å²) in [7, 11) is 0. The van der Waals surface area contributed by atoms with Gasteiger partial charge in [-0.15, -0.1) is 0 Å². The van der Waals surface area contributed by atoms with Crippen LogP contribution < -0.4 is 10.1 Å². The second kappa shape index (κ2) is 7.43. The molecule has 0 heterocycles. The molecular formula is C16H13Br2NO2. The molecule has 0 aliphatic heterocycles. The molecule has 3 nitrogen and oxygen atoms in total. The molecule has 1 N–H and O–H groups in total. The summed E-state index contributed by atoms with van der Waals surface area (Å²) in [6.07, 6.45) is 1.67. The zero-order valence-corrected chi connectivity index (χ0v) is 14.3. The number of halogens is 2. The number of hydrogen-bond acceptors (Lipinski definition) is 2. The average molecular weight is 411 g/mol. The Morgan fingerprint density at radius 3 is 2.52 bits per heavy atom. The molecule has 0 aliphatic carbocycles. The van der Waals surface area contributed by atoms with E-state index in [2.05, 4.69) is 43.8 Å². The Hall–Kier alpha value is -1.59. The molecule has 1 amide bonds. The van der Waals surface area contributed by atoms with Gasteiger partial charge in [-0.2, -0.15) is 0 Å². The standard InChI is InChI=1S/C16H13Br2NO2/c1-2-9-21-15-8-3-11(10-14(15)18)16(20)19-13-6-4-12(17)5-7-13/h2-8,10H,1,9H2,(H,19,20). The Balaban J connectivity index is 2.10. The van der Waals surface area contributed by atoms with Crippen molar-refractivity contribution in [2.45, 2.75) is 0 Å². The van der Waals surface area contributed by atoms with E-state index in [-0.39, 0.29) is 5.91 Å². The van der Waals surface area contributed by atoms with Crippen molar-refractivity contribution in [3.63, 3.8) is 0 Å². The molecule has 108 valence electrons. The van der Waals surface area contributed by atoms with Crippen molar-refractivity contribution in [1.82, 2.24) is 0 Å². The lowest BCUT2D eigenvalue weighted by molar-refractivity contribution is 0.102. The van der Waals surface area contributed by atoms with Gasteiger partial charge in [0.05, 0.1) is 4.47 Å². The van der Waals surface area contributed by atoms with Gasteiger partial charge in [0.15, 0.2) is 0 Å². The van der Waals surface area contributed by atoms with E-state index in [1.807, 2.05) is 24.3 Å². The van der Waals surface area contributed by atoms with Crippen molar-refractivity contribution >= 4 is 43.5 Å². The van der Waals surface area contributed by atoms with E-state index in [0.29, 0.717) is 17.9 Å². The maximum atomic E-state index is 12.2. The van der Waals surface area contributed by atoms with E-state index in [1.165, 1.54) is 0 Å². The number of anilines is 1. The van der Waals surface area contributed by atoms with Gasteiger partial charge in [-0.25, -0.2) is 0 Å². The zero-order chi connectivity index (χ0) is 15.2. The van der Waals surface area contributed by atoms with Crippen molar-refractivity contribution in [1.29, 1.82) is 0 Å². The lowest BCUT2D eigenvalue weighted by Gasteiger charge is -2.09. The van der Waals surface area contributed by atoms with Crippen LogP contribution >= 0.6 is 31.9 Å². The molecule has 0 aliphatic rings. The molecule has 0 atom stereocenters. The van der Waals surface area contributed by atoms with Crippen LogP contribution in [-0.4, -0.2) is 12.5 Å². The molecule has 2 aromatic carbocycles. The quantitative estimate of drug-likeness (QED) is 0.702. The second-order valence-corrected chi connectivity index (χ2v) is 5.98. The van der Waals surface area contributed by atoms with Gasteiger partial charge in [-0.05, 0) is 58.4 Å². The van der Waals surface area contributed by atoms with E-state index in [4.69, 9.17) is 4.74 Å². The van der Waals surface area contributed by atoms with E-state index >= 15 is 0 Å². The van der Waals surface area contributed by atoms with E-state index in [9.17, 15) is 4.79 Å². The lowest BCUT2D eigenvalue weighted by Crippen LogP contribution is -2.11. The van der Waals surface area contributed by atoms with Gasteiger partial charge in [-0.3, -0.25) is 4.79 Å². The molecule has 0 saturated carbocycles. The van der Waals surface area contributed by atoms with Crippen LogP contribution in [0.15, 0.2) is 64.1 Å². The fraction of sp³-hybridized carbons (Fsp3) is 0.0625. The number of hydrogen-bond donors (Lipinski definition) is 1. The molecule has 0 spiro atoms. The molecule has 0 saturated heterocycles. The highest BCUT2D eigenvalue weighted by atomic mass is 79.9. The van der Waals surface area contributed by atoms with Crippen molar-refractivity contribution in [3.8, 4) is 5.75 Å². The molecule has 0 radical (unpaired) electrons. The number of carbonyl (C=O) groups excluding carboxylic acids is 1. The van der Waals surface area contributed by atoms with E-state index in [0.717, 1.165) is 14.6 Å². The number of ether oxygens (including phenoxy) is 1. The first kappa shape index (κ1) is 15.8. The van der Waals surface area contributed by atoms with Crippen LogP contribution in [-0.2, 0) is 0 Å². The predicted octanol–water partition coefficient (Wildman–Crippen LogP) is 5.03. The predicted molar refractivity (Wildman–Crippen MR) is 91.9 cm³/mol. The van der Waals surface area contributed by atoms with Crippen LogP contribution in [0.4, 0.5) is 5.69 Å². The van der Waals surface area contributed by atoms with Gasteiger partial charge in [0.25, 0.3) is 5.91 Å². The van der Waals surface area contributed by atoms with E-state index < -0.39 is 0 Å². The normalized spacial score (nSPS) is 10.0. The highest BCUT2D eigenvalue weighted by Gasteiger charge is 2.09. The Morgan fingerprint density at radius 1 is 1.19 bits per heavy atom. The largest absolute Gasteiger partial charge is 0.488 e. The van der Waals surface area contributed by atoms with Gasteiger partial charge in [0.2, 0.25) is 0 Å². The molecule has 2 rings (SSSR count). The monoisotopic (exact) mass is 409 g/mol. The van der Waals surface area contributed by atoms with Gasteiger partial charge in [0.1, 0.15) is 12.4 Å². The summed E-state index contributed by atoms with van der Waals surface area (Å²) < 4.78 is 7.14. The average Bonchev–Trinajstić information content (AvgIpc) is 2.48. The van der Waals surface area contributed by atoms with Crippen LogP contribution in [0.3, 0.4) is 0 Å². The molecule has 0 fully saturated rings. The van der Waals surface area contributed by atoms with Crippen LogP contribution in [0.2, 0.25) is 0 Å². The maximum absolute atomic E-state index is 12.2. The summed E-state index contributed by atoms with van der Waals surface area (Å²) in [6.45, 7) is 4.02. The highest BCUT2D eigenvalue weighted by molar-refractivity contribution is 9.10. The summed E-state index contributed by atoms with van der Waals surface area (Å²) in [5, 5.41) is 2.84. The molecule has 21 heavy (non-hydrogen) atoms. The minimum absolute atomic E-state index is 0.173. The first-order chi connectivity index (χ1) is 10.1. The van der Waals surface area contributed by atoms with Crippen molar-refractivity contribution < 1.29 is 9.53 Å². The third-order valence-electron chi connectivity index (χ3n) is 2.65. The Bertz CT molecular complexity index is 654. The lowest BCUT2D eigenvalue weighted by atomic mass is 10.2. The fourth-order valence-corrected chi connectivity index (χ4v) is 2.40. The Labute approximate surface area is 140 Å². The van der Waals surface area contributed by atoms with Gasteiger partial charge >= 0.3 is 0 Å². The third kappa shape index (κ3) is 4.44. The summed E-state index contributed by atoms with van der Waals surface area (Å²) in [4.78, 5) is 12.2. The van der Waals surface area contributed by atoms with E-state index in [1.54, 1.807) is 24.3 Å². The molecule has 0 aromatic heterocycles. The first-order valence-electron chi connectivity index (χ1n) is 6.20. The number of amides is 1. The van der Waals surface area contributed by atoms with Crippen LogP contribution in [0, 0.1) is 0 Å². The third-order valence-corrected chi connectivity index (χ3v) is 3.80. The fourth-order valence-electron chi connectivity index (χ4n) is 1.64.